The Morgan fingerprint density at radius 2 is 2.20 bits per heavy atom. The highest BCUT2D eigenvalue weighted by Crippen LogP contribution is 1.87. The molecule has 1 amide bonds. The third kappa shape index (κ3) is 4.20. The van der Waals surface area contributed by atoms with E-state index >= 15 is 0 Å². The summed E-state index contributed by atoms with van der Waals surface area (Å²) in [6.07, 6.45) is -1.47. The second kappa shape index (κ2) is 5.10. The monoisotopic (exact) mass is 153 g/mol. The number of halogens is 2. The van der Waals surface area contributed by atoms with E-state index in [1.807, 2.05) is 5.32 Å². The molecule has 0 aromatic rings. The van der Waals surface area contributed by atoms with Gasteiger partial charge >= 0.3 is 0 Å². The molecule has 0 aromatic carbocycles. The Labute approximate surface area is 57.0 Å². The first-order chi connectivity index (χ1) is 4.70. The van der Waals surface area contributed by atoms with Gasteiger partial charge in [-0.25, -0.2) is 4.39 Å². The molecule has 0 spiro atoms. The summed E-state index contributed by atoms with van der Waals surface area (Å²) in [5, 5.41) is 10.4. The van der Waals surface area contributed by atoms with E-state index in [1.54, 1.807) is 0 Å². The van der Waals surface area contributed by atoms with Gasteiger partial charge in [0.05, 0.1) is 6.67 Å². The average Bonchev–Trinajstić information content (AvgIpc) is 1.88. The predicted octanol–water partition coefficient (Wildman–Crippen LogP) is -0.250. The van der Waals surface area contributed by atoms with Crippen LogP contribution >= 0.6 is 0 Å². The van der Waals surface area contributed by atoms with Crippen molar-refractivity contribution in [3.63, 3.8) is 0 Å². The molecule has 5 heteroatoms. The van der Waals surface area contributed by atoms with Crippen LogP contribution in [0.5, 0.6) is 0 Å². The van der Waals surface area contributed by atoms with E-state index in [-0.39, 0.29) is 6.42 Å². The molecule has 2 N–H and O–H groups in total. The molecule has 0 bridgehead atoms. The zero-order chi connectivity index (χ0) is 7.98. The van der Waals surface area contributed by atoms with Gasteiger partial charge in [-0.15, -0.1) is 0 Å². The summed E-state index contributed by atoms with van der Waals surface area (Å²) in [5.41, 5.74) is 0. The summed E-state index contributed by atoms with van der Waals surface area (Å²) in [5.74, 6) is -0.930. The van der Waals surface area contributed by atoms with Crippen molar-refractivity contribution in [2.24, 2.45) is 0 Å². The third-order valence-electron chi connectivity index (χ3n) is 0.832. The number of hydrogen-bond acceptors (Lipinski definition) is 2. The minimum Gasteiger partial charge on any atom is -0.374 e. The number of hydrogen-bond donors (Lipinski definition) is 2. The molecule has 0 fully saturated rings. The lowest BCUT2D eigenvalue weighted by atomic mass is 10.4. The Bertz CT molecular complexity index is 110. The molecule has 1 atom stereocenters. The van der Waals surface area contributed by atoms with Gasteiger partial charge in [-0.2, -0.15) is 0 Å². The van der Waals surface area contributed by atoms with E-state index in [0.29, 0.717) is 0 Å². The highest BCUT2D eigenvalue weighted by Gasteiger charge is 2.06. The smallest absolute Gasteiger partial charge is 0.253 e. The van der Waals surface area contributed by atoms with Crippen molar-refractivity contribution < 1.29 is 18.7 Å². The summed E-state index contributed by atoms with van der Waals surface area (Å²) in [6.45, 7) is -1.93. The lowest BCUT2D eigenvalue weighted by Crippen LogP contribution is -2.35. The summed E-state index contributed by atoms with van der Waals surface area (Å²) >= 11 is 0. The molecule has 1 unspecified atom stereocenters. The number of carbonyl (C=O) groups is 1. The minimum atomic E-state index is -1.27. The van der Waals surface area contributed by atoms with Crippen molar-refractivity contribution in [2.45, 2.75) is 12.6 Å². The van der Waals surface area contributed by atoms with Gasteiger partial charge in [-0.05, 0) is 0 Å². The van der Waals surface area contributed by atoms with Gasteiger partial charge in [0.2, 0.25) is 0 Å². The lowest BCUT2D eigenvalue weighted by molar-refractivity contribution is -0.125. The first-order valence-corrected chi connectivity index (χ1v) is 2.80. The Hall–Kier alpha value is -0.710. The molecule has 10 heavy (non-hydrogen) atoms. The van der Waals surface area contributed by atoms with E-state index in [2.05, 4.69) is 0 Å². The van der Waals surface area contributed by atoms with E-state index in [4.69, 9.17) is 5.11 Å². The molecule has 3 nitrogen and oxygen atoms in total. The van der Waals surface area contributed by atoms with Gasteiger partial charge in [0, 0.05) is 6.42 Å². The first-order valence-electron chi connectivity index (χ1n) is 2.80. The van der Waals surface area contributed by atoms with Crippen LogP contribution in [0, 0.1) is 0 Å². The molecule has 60 valence electrons. The molecule has 0 aromatic heterocycles. The second-order valence-electron chi connectivity index (χ2n) is 1.69. The third-order valence-corrected chi connectivity index (χ3v) is 0.832. The highest BCUT2D eigenvalue weighted by atomic mass is 19.1. The Morgan fingerprint density at radius 1 is 1.60 bits per heavy atom. The van der Waals surface area contributed by atoms with Crippen molar-refractivity contribution >= 4 is 5.91 Å². The SMILES string of the molecule is O=C(CF)NC(O)CCF. The number of carbonyl (C=O) groups excluding carboxylic acids is 1. The maximum Gasteiger partial charge on any atom is 0.253 e. The Balaban J connectivity index is 3.37. The second-order valence-corrected chi connectivity index (χ2v) is 1.69. The van der Waals surface area contributed by atoms with Crippen molar-refractivity contribution in [2.75, 3.05) is 13.3 Å². The molecular formula is C5H9F2NO2. The number of nitrogens with one attached hydrogen (secondary N) is 1. The zero-order valence-electron chi connectivity index (χ0n) is 5.31. The average molecular weight is 153 g/mol. The van der Waals surface area contributed by atoms with Gasteiger partial charge in [0.1, 0.15) is 6.23 Å². The fraction of sp³-hybridized carbons (Fsp3) is 0.800. The molecule has 0 saturated heterocycles. The lowest BCUT2D eigenvalue weighted by Gasteiger charge is -2.07. The summed E-state index contributed by atoms with van der Waals surface area (Å²) in [7, 11) is 0. The summed E-state index contributed by atoms with van der Waals surface area (Å²) in [4.78, 5) is 10.1. The first kappa shape index (κ1) is 9.29. The van der Waals surface area contributed by atoms with Crippen LogP contribution in [-0.2, 0) is 4.79 Å². The number of alkyl halides is 2. The van der Waals surface area contributed by atoms with Gasteiger partial charge in [0.15, 0.2) is 6.67 Å². The van der Waals surface area contributed by atoms with E-state index in [9.17, 15) is 13.6 Å². The minimum absolute atomic E-state index is 0.203. The largest absolute Gasteiger partial charge is 0.374 e. The molecular weight excluding hydrogens is 144 g/mol. The van der Waals surface area contributed by atoms with Crippen molar-refractivity contribution in [1.29, 1.82) is 0 Å². The normalized spacial score (nSPS) is 12.7. The van der Waals surface area contributed by atoms with Crippen LogP contribution in [0.4, 0.5) is 8.78 Å². The molecule has 0 radical (unpaired) electrons. The topological polar surface area (TPSA) is 49.3 Å². The van der Waals surface area contributed by atoms with Gasteiger partial charge in [-0.1, -0.05) is 0 Å². The van der Waals surface area contributed by atoms with Crippen LogP contribution in [0.2, 0.25) is 0 Å². The number of amides is 1. The fourth-order valence-corrected chi connectivity index (χ4v) is 0.400. The van der Waals surface area contributed by atoms with Gasteiger partial charge in [-0.3, -0.25) is 9.18 Å². The molecule has 0 aliphatic rings. The van der Waals surface area contributed by atoms with Crippen LogP contribution < -0.4 is 5.32 Å². The molecule has 0 aliphatic heterocycles. The van der Waals surface area contributed by atoms with E-state index in [0.717, 1.165) is 0 Å². The Kier molecular flexibility index (Phi) is 4.74. The predicted molar refractivity (Wildman–Crippen MR) is 30.7 cm³/mol. The Morgan fingerprint density at radius 3 is 2.60 bits per heavy atom. The molecule has 0 rings (SSSR count). The maximum absolute atomic E-state index is 11.4. The molecule has 0 aliphatic carbocycles. The van der Waals surface area contributed by atoms with Crippen LogP contribution in [-0.4, -0.2) is 30.6 Å². The van der Waals surface area contributed by atoms with Crippen molar-refractivity contribution in [3.8, 4) is 0 Å². The van der Waals surface area contributed by atoms with Crippen molar-refractivity contribution in [3.05, 3.63) is 0 Å². The maximum atomic E-state index is 11.4. The van der Waals surface area contributed by atoms with Crippen LogP contribution in [0.1, 0.15) is 6.42 Å². The number of aliphatic hydroxyl groups is 1. The van der Waals surface area contributed by atoms with Crippen LogP contribution in [0.15, 0.2) is 0 Å². The standard InChI is InChI=1S/C5H9F2NO2/c6-2-1-4(9)8-5(10)3-7/h4,9H,1-3H2,(H,8,10). The van der Waals surface area contributed by atoms with Crippen LogP contribution in [0.25, 0.3) is 0 Å². The summed E-state index contributed by atoms with van der Waals surface area (Å²) < 4.78 is 22.8. The quantitative estimate of drug-likeness (QED) is 0.547. The molecule has 0 heterocycles. The van der Waals surface area contributed by atoms with Gasteiger partial charge in [0.25, 0.3) is 5.91 Å². The van der Waals surface area contributed by atoms with Crippen molar-refractivity contribution in [1.82, 2.24) is 5.32 Å². The highest BCUT2D eigenvalue weighted by molar-refractivity contribution is 5.77. The van der Waals surface area contributed by atoms with Gasteiger partial charge < -0.3 is 10.4 Å². The fourth-order valence-electron chi connectivity index (χ4n) is 0.400. The number of aliphatic hydroxyl groups excluding tert-OH is 1. The van der Waals surface area contributed by atoms with E-state index in [1.165, 1.54) is 0 Å². The zero-order valence-corrected chi connectivity index (χ0v) is 5.31. The summed E-state index contributed by atoms with van der Waals surface area (Å²) in [6, 6.07) is 0. The molecule has 0 saturated carbocycles. The van der Waals surface area contributed by atoms with E-state index < -0.39 is 25.5 Å². The number of rotatable bonds is 4. The van der Waals surface area contributed by atoms with Crippen LogP contribution in [0.3, 0.4) is 0 Å².